The van der Waals surface area contributed by atoms with E-state index in [0.717, 1.165) is 44.6 Å². The highest BCUT2D eigenvalue weighted by atomic mass is 15.2. The van der Waals surface area contributed by atoms with Gasteiger partial charge < -0.3 is 10.6 Å². The van der Waals surface area contributed by atoms with Gasteiger partial charge >= 0.3 is 0 Å². The zero-order chi connectivity index (χ0) is 19.4. The molecule has 0 atom stereocenters. The topological polar surface area (TPSA) is 65.6 Å². The Morgan fingerprint density at radius 1 is 0.793 bits per heavy atom. The fraction of sp³-hybridized carbons (Fsp3) is 0.0833. The number of hydrogen-bond acceptors (Lipinski definition) is 4. The zero-order valence-corrected chi connectivity index (χ0v) is 15.9. The number of aromatic amines is 1. The van der Waals surface area contributed by atoms with Crippen LogP contribution in [0.4, 0.5) is 11.4 Å². The van der Waals surface area contributed by atoms with Crippen LogP contribution in [0.15, 0.2) is 72.9 Å². The number of H-pyrrole nitrogens is 1. The van der Waals surface area contributed by atoms with Crippen LogP contribution in [0.1, 0.15) is 17.4 Å². The fourth-order valence-corrected chi connectivity index (χ4v) is 4.21. The first-order valence-electron chi connectivity index (χ1n) is 9.73. The average Bonchev–Trinajstić information content (AvgIpc) is 3.37. The third-order valence-electron chi connectivity index (χ3n) is 5.75. The van der Waals surface area contributed by atoms with Crippen molar-refractivity contribution < 1.29 is 0 Å². The number of nitrogens with zero attached hydrogens (tertiary/aromatic N) is 2. The van der Waals surface area contributed by atoms with E-state index in [1.807, 2.05) is 24.4 Å². The summed E-state index contributed by atoms with van der Waals surface area (Å²) < 4.78 is 0. The summed E-state index contributed by atoms with van der Waals surface area (Å²) in [5.41, 5.74) is 8.75. The normalized spacial score (nSPS) is 13.4. The van der Waals surface area contributed by atoms with Gasteiger partial charge in [0, 0.05) is 22.5 Å². The smallest absolute Gasteiger partial charge is 0.141 e. The van der Waals surface area contributed by atoms with Gasteiger partial charge in [-0.15, -0.1) is 0 Å². The number of fused-ring (bicyclic) bond motifs is 3. The van der Waals surface area contributed by atoms with Crippen LogP contribution in [0, 0.1) is 6.92 Å². The zero-order valence-electron chi connectivity index (χ0n) is 15.9. The Labute approximate surface area is 167 Å². The summed E-state index contributed by atoms with van der Waals surface area (Å²) in [7, 11) is 0. The number of nitrogens with one attached hydrogen (secondary N) is 3. The second kappa shape index (κ2) is 6.07. The lowest BCUT2D eigenvalue weighted by atomic mass is 9.97. The first-order valence-corrected chi connectivity index (χ1v) is 9.73. The number of pyridine rings is 1. The molecule has 3 heterocycles. The number of para-hydroxylation sites is 3. The molecular formula is C24H19N5. The largest absolute Gasteiger partial charge is 0.359 e. The Morgan fingerprint density at radius 3 is 2.38 bits per heavy atom. The van der Waals surface area contributed by atoms with E-state index in [0.29, 0.717) is 0 Å². The highest BCUT2D eigenvalue weighted by Gasteiger charge is 2.24. The lowest BCUT2D eigenvalue weighted by molar-refractivity contribution is 0.874. The molecule has 0 spiro atoms. The highest BCUT2D eigenvalue weighted by Crippen LogP contribution is 2.37. The van der Waals surface area contributed by atoms with Crippen molar-refractivity contribution in [1.82, 2.24) is 15.2 Å². The molecule has 2 aromatic heterocycles. The third-order valence-corrected chi connectivity index (χ3v) is 5.75. The van der Waals surface area contributed by atoms with Crippen LogP contribution in [-0.2, 0) is 0 Å². The number of anilines is 2. The van der Waals surface area contributed by atoms with Crippen LogP contribution in [-0.4, -0.2) is 15.2 Å². The van der Waals surface area contributed by atoms with Crippen LogP contribution in [0.2, 0.25) is 0 Å². The SMILES string of the molecule is Cc1c(-c2ccc3n[nH]c(C4Nc5ccccc5N4)c3c2)cnc2ccccc12. The highest BCUT2D eigenvalue weighted by molar-refractivity contribution is 5.92. The lowest BCUT2D eigenvalue weighted by Gasteiger charge is -2.12. The Kier molecular flexibility index (Phi) is 3.38. The standard InChI is InChI=1S/C24H19N5/c1-14-16-6-2-3-7-19(16)25-13-18(14)15-10-11-20-17(12-15)23(29-28-20)24-26-21-8-4-5-9-22(21)27-24/h2-13,24,26-27H,1H3,(H,28,29). The minimum atomic E-state index is -0.0384. The molecule has 0 saturated carbocycles. The fourth-order valence-electron chi connectivity index (χ4n) is 4.21. The number of hydrogen-bond donors (Lipinski definition) is 3. The van der Waals surface area contributed by atoms with Gasteiger partial charge in [0.05, 0.1) is 28.1 Å². The Balaban J connectivity index is 1.46. The quantitative estimate of drug-likeness (QED) is 0.373. The predicted octanol–water partition coefficient (Wildman–Crippen LogP) is 5.62. The molecule has 5 heteroatoms. The molecule has 3 N–H and O–H groups in total. The van der Waals surface area contributed by atoms with Gasteiger partial charge in [0.1, 0.15) is 6.17 Å². The van der Waals surface area contributed by atoms with Crippen molar-refractivity contribution in [3.8, 4) is 11.1 Å². The molecule has 5 aromatic rings. The van der Waals surface area contributed by atoms with Gasteiger partial charge in [0.15, 0.2) is 0 Å². The van der Waals surface area contributed by atoms with Gasteiger partial charge in [-0.1, -0.05) is 36.4 Å². The molecule has 0 aliphatic carbocycles. The van der Waals surface area contributed by atoms with E-state index in [9.17, 15) is 0 Å². The summed E-state index contributed by atoms with van der Waals surface area (Å²) in [5, 5.41) is 17.1. The molecule has 29 heavy (non-hydrogen) atoms. The van der Waals surface area contributed by atoms with Crippen molar-refractivity contribution in [3.63, 3.8) is 0 Å². The van der Waals surface area contributed by atoms with Gasteiger partial charge in [-0.25, -0.2) is 0 Å². The molecule has 5 nitrogen and oxygen atoms in total. The van der Waals surface area contributed by atoms with Crippen LogP contribution in [0.5, 0.6) is 0 Å². The maximum atomic E-state index is 4.66. The Bertz CT molecular complexity index is 1360. The summed E-state index contributed by atoms with van der Waals surface area (Å²) in [6, 6.07) is 22.9. The number of aryl methyl sites for hydroxylation is 1. The molecule has 140 valence electrons. The molecule has 3 aromatic carbocycles. The minimum absolute atomic E-state index is 0.0384. The monoisotopic (exact) mass is 377 g/mol. The lowest BCUT2D eigenvalue weighted by Crippen LogP contribution is -2.12. The van der Waals surface area contributed by atoms with Gasteiger partial charge in [-0.05, 0) is 48.4 Å². The van der Waals surface area contributed by atoms with Crippen molar-refractivity contribution in [3.05, 3.63) is 84.2 Å². The molecular weight excluding hydrogens is 358 g/mol. The van der Waals surface area contributed by atoms with E-state index in [4.69, 9.17) is 0 Å². The molecule has 1 aliphatic rings. The van der Waals surface area contributed by atoms with Crippen molar-refractivity contribution in [2.24, 2.45) is 0 Å². The van der Waals surface area contributed by atoms with Crippen molar-refractivity contribution in [2.45, 2.75) is 13.1 Å². The summed E-state index contributed by atoms with van der Waals surface area (Å²) in [5.74, 6) is 0. The maximum absolute atomic E-state index is 4.66. The van der Waals surface area contributed by atoms with Crippen molar-refractivity contribution >= 4 is 33.2 Å². The number of aromatic nitrogens is 3. The van der Waals surface area contributed by atoms with E-state index in [1.165, 1.54) is 10.9 Å². The molecule has 0 saturated heterocycles. The molecule has 1 aliphatic heterocycles. The van der Waals surface area contributed by atoms with Gasteiger partial charge in [-0.2, -0.15) is 5.10 Å². The second-order valence-electron chi connectivity index (χ2n) is 7.45. The van der Waals surface area contributed by atoms with E-state index in [-0.39, 0.29) is 6.17 Å². The Morgan fingerprint density at radius 2 is 1.55 bits per heavy atom. The van der Waals surface area contributed by atoms with Crippen molar-refractivity contribution in [2.75, 3.05) is 10.6 Å². The molecule has 0 amide bonds. The van der Waals surface area contributed by atoms with E-state index in [1.54, 1.807) is 0 Å². The van der Waals surface area contributed by atoms with Crippen LogP contribution in [0.25, 0.3) is 32.9 Å². The molecule has 0 radical (unpaired) electrons. The number of benzene rings is 3. The van der Waals surface area contributed by atoms with Crippen LogP contribution < -0.4 is 10.6 Å². The molecule has 0 bridgehead atoms. The van der Waals surface area contributed by atoms with Crippen LogP contribution in [0.3, 0.4) is 0 Å². The maximum Gasteiger partial charge on any atom is 0.141 e. The van der Waals surface area contributed by atoms with Gasteiger partial charge in [0.2, 0.25) is 0 Å². The summed E-state index contributed by atoms with van der Waals surface area (Å²) >= 11 is 0. The van der Waals surface area contributed by atoms with Gasteiger partial charge in [0.25, 0.3) is 0 Å². The second-order valence-corrected chi connectivity index (χ2v) is 7.45. The summed E-state index contributed by atoms with van der Waals surface area (Å²) in [6.07, 6.45) is 1.93. The third kappa shape index (κ3) is 2.48. The molecule has 0 fully saturated rings. The minimum Gasteiger partial charge on any atom is -0.359 e. The Hall–Kier alpha value is -3.86. The molecule has 6 rings (SSSR count). The van der Waals surface area contributed by atoms with E-state index >= 15 is 0 Å². The van der Waals surface area contributed by atoms with Crippen molar-refractivity contribution in [1.29, 1.82) is 0 Å². The first kappa shape index (κ1) is 16.1. The average molecular weight is 377 g/mol. The van der Waals surface area contributed by atoms with Crippen LogP contribution >= 0.6 is 0 Å². The summed E-state index contributed by atoms with van der Waals surface area (Å²) in [4.78, 5) is 4.66. The first-order chi connectivity index (χ1) is 14.3. The molecule has 0 unspecified atom stereocenters. The predicted molar refractivity (Wildman–Crippen MR) is 118 cm³/mol. The van der Waals surface area contributed by atoms with E-state index < -0.39 is 0 Å². The van der Waals surface area contributed by atoms with Gasteiger partial charge in [-0.3, -0.25) is 10.1 Å². The number of rotatable bonds is 2. The van der Waals surface area contributed by atoms with E-state index in [2.05, 4.69) is 81.3 Å². The summed E-state index contributed by atoms with van der Waals surface area (Å²) in [6.45, 7) is 2.16.